The van der Waals surface area contributed by atoms with Crippen molar-refractivity contribution in [2.45, 2.75) is 12.1 Å². The maximum Gasteiger partial charge on any atom is 0.277 e. The van der Waals surface area contributed by atoms with E-state index >= 15 is 0 Å². The van der Waals surface area contributed by atoms with E-state index in [0.29, 0.717) is 21.3 Å². The molecule has 0 radical (unpaired) electrons. The second-order valence-electron chi connectivity index (χ2n) is 4.34. The number of amides is 1. The van der Waals surface area contributed by atoms with Crippen molar-refractivity contribution in [2.24, 2.45) is 0 Å². The number of rotatable bonds is 5. The van der Waals surface area contributed by atoms with Gasteiger partial charge >= 0.3 is 0 Å². The van der Waals surface area contributed by atoms with E-state index in [2.05, 4.69) is 25.7 Å². The van der Waals surface area contributed by atoms with Gasteiger partial charge in [0.25, 0.3) is 5.22 Å². The van der Waals surface area contributed by atoms with Gasteiger partial charge in [0.05, 0.1) is 5.75 Å². The first kappa shape index (κ1) is 15.9. The molecule has 0 aliphatic rings. The van der Waals surface area contributed by atoms with Crippen LogP contribution in [0.25, 0.3) is 11.5 Å². The Kier molecular flexibility index (Phi) is 4.89. The highest BCUT2D eigenvalue weighted by Gasteiger charge is 2.12. The average molecular weight is 368 g/mol. The largest absolute Gasteiger partial charge is 0.411 e. The molecular weight excluding hydrogens is 358 g/mol. The van der Waals surface area contributed by atoms with Crippen molar-refractivity contribution in [3.63, 3.8) is 0 Å². The molecule has 3 aromatic rings. The molecule has 0 spiro atoms. The predicted octanol–water partition coefficient (Wildman–Crippen LogP) is 3.28. The maximum atomic E-state index is 11.8. The lowest BCUT2D eigenvalue weighted by Crippen LogP contribution is -2.13. The van der Waals surface area contributed by atoms with Crippen molar-refractivity contribution in [3.05, 3.63) is 34.3 Å². The number of aromatic nitrogens is 4. The van der Waals surface area contributed by atoms with Crippen LogP contribution in [0.4, 0.5) is 5.13 Å². The zero-order chi connectivity index (χ0) is 16.2. The van der Waals surface area contributed by atoms with E-state index in [1.54, 1.807) is 24.3 Å². The van der Waals surface area contributed by atoms with Gasteiger partial charge in [0, 0.05) is 10.6 Å². The van der Waals surface area contributed by atoms with Crippen LogP contribution in [0.3, 0.4) is 0 Å². The summed E-state index contributed by atoms with van der Waals surface area (Å²) in [6, 6.07) is 7.06. The topological polar surface area (TPSA) is 93.8 Å². The number of hydrogen-bond acceptors (Lipinski definition) is 8. The number of benzene rings is 1. The lowest BCUT2D eigenvalue weighted by Gasteiger charge is -1.98. The maximum absolute atomic E-state index is 11.8. The summed E-state index contributed by atoms with van der Waals surface area (Å²) in [6.45, 7) is 1.82. The van der Waals surface area contributed by atoms with Gasteiger partial charge in [-0.3, -0.25) is 10.1 Å². The lowest BCUT2D eigenvalue weighted by molar-refractivity contribution is -0.113. The number of nitrogens with one attached hydrogen (secondary N) is 1. The molecule has 1 aromatic carbocycles. The fourth-order valence-corrected chi connectivity index (χ4v) is 2.90. The highest BCUT2D eigenvalue weighted by Crippen LogP contribution is 2.24. The van der Waals surface area contributed by atoms with E-state index in [-0.39, 0.29) is 11.7 Å². The number of nitrogens with zero attached hydrogens (tertiary/aromatic N) is 4. The van der Waals surface area contributed by atoms with Gasteiger partial charge in [-0.1, -0.05) is 34.7 Å². The Morgan fingerprint density at radius 2 is 2.04 bits per heavy atom. The summed E-state index contributed by atoms with van der Waals surface area (Å²) in [4.78, 5) is 11.8. The summed E-state index contributed by atoms with van der Waals surface area (Å²) in [5, 5.41) is 20.4. The number of halogens is 1. The highest BCUT2D eigenvalue weighted by molar-refractivity contribution is 7.99. The molecule has 0 saturated carbocycles. The first-order chi connectivity index (χ1) is 11.1. The van der Waals surface area contributed by atoms with Crippen LogP contribution in [-0.2, 0) is 4.79 Å². The summed E-state index contributed by atoms with van der Waals surface area (Å²) in [5.41, 5.74) is 0.766. The molecule has 1 amide bonds. The van der Waals surface area contributed by atoms with Crippen LogP contribution < -0.4 is 5.32 Å². The number of anilines is 1. The molecule has 1 N–H and O–H groups in total. The van der Waals surface area contributed by atoms with Crippen LogP contribution in [0.5, 0.6) is 0 Å². The zero-order valence-electron chi connectivity index (χ0n) is 11.8. The molecule has 0 fully saturated rings. The predicted molar refractivity (Wildman–Crippen MR) is 88.7 cm³/mol. The third kappa shape index (κ3) is 4.27. The molecule has 0 saturated heterocycles. The molecule has 7 nitrogen and oxygen atoms in total. The number of thioether (sulfide) groups is 1. The molecule has 3 rings (SSSR count). The molecule has 10 heteroatoms. The average Bonchev–Trinajstić information content (AvgIpc) is 3.15. The molecule has 0 unspecified atom stereocenters. The summed E-state index contributed by atoms with van der Waals surface area (Å²) in [5.74, 6) is 0.308. The fourth-order valence-electron chi connectivity index (χ4n) is 1.61. The Hall–Kier alpha value is -1.97. The quantitative estimate of drug-likeness (QED) is 0.691. The molecule has 23 heavy (non-hydrogen) atoms. The van der Waals surface area contributed by atoms with Gasteiger partial charge in [-0.15, -0.1) is 20.4 Å². The smallest absolute Gasteiger partial charge is 0.277 e. The zero-order valence-corrected chi connectivity index (χ0v) is 14.2. The van der Waals surface area contributed by atoms with Crippen LogP contribution in [0.15, 0.2) is 33.9 Å². The fraction of sp³-hybridized carbons (Fsp3) is 0.154. The highest BCUT2D eigenvalue weighted by atomic mass is 35.5. The van der Waals surface area contributed by atoms with Crippen molar-refractivity contribution >= 4 is 45.7 Å². The van der Waals surface area contributed by atoms with Crippen LogP contribution in [0, 0.1) is 6.92 Å². The monoisotopic (exact) mass is 367 g/mol. The first-order valence-corrected chi connectivity index (χ1v) is 8.60. The van der Waals surface area contributed by atoms with Crippen LogP contribution in [0.2, 0.25) is 5.02 Å². The minimum Gasteiger partial charge on any atom is -0.411 e. The first-order valence-electron chi connectivity index (χ1n) is 6.42. The van der Waals surface area contributed by atoms with E-state index in [0.717, 1.165) is 22.3 Å². The molecule has 0 bridgehead atoms. The minimum absolute atomic E-state index is 0.140. The third-order valence-electron chi connectivity index (χ3n) is 2.60. The second-order valence-corrected chi connectivity index (χ2v) is 6.89. The van der Waals surface area contributed by atoms with E-state index < -0.39 is 0 Å². The SMILES string of the molecule is Cc1nnc(NC(=O)CSc2nnc(-c3ccc(Cl)cc3)o2)s1. The van der Waals surface area contributed by atoms with E-state index in [1.807, 2.05) is 6.92 Å². The summed E-state index contributed by atoms with van der Waals surface area (Å²) in [6.07, 6.45) is 0. The van der Waals surface area contributed by atoms with Crippen LogP contribution >= 0.6 is 34.7 Å². The van der Waals surface area contributed by atoms with E-state index in [4.69, 9.17) is 16.0 Å². The molecule has 0 aliphatic heterocycles. The molecule has 118 valence electrons. The van der Waals surface area contributed by atoms with Gasteiger partial charge < -0.3 is 4.42 Å². The number of carbonyl (C=O) groups is 1. The molecule has 0 atom stereocenters. The van der Waals surface area contributed by atoms with E-state index in [9.17, 15) is 4.79 Å². The molecule has 0 aliphatic carbocycles. The van der Waals surface area contributed by atoms with Crippen LogP contribution in [-0.4, -0.2) is 32.1 Å². The molecular formula is C13H10ClN5O2S2. The van der Waals surface area contributed by atoms with Crippen molar-refractivity contribution in [1.29, 1.82) is 0 Å². The van der Waals surface area contributed by atoms with Crippen molar-refractivity contribution in [2.75, 3.05) is 11.1 Å². The third-order valence-corrected chi connectivity index (χ3v) is 4.42. The van der Waals surface area contributed by atoms with Gasteiger partial charge in [0.15, 0.2) is 0 Å². The van der Waals surface area contributed by atoms with Gasteiger partial charge in [-0.05, 0) is 31.2 Å². The van der Waals surface area contributed by atoms with Gasteiger partial charge in [0.2, 0.25) is 16.9 Å². The Labute approximate surface area is 144 Å². The van der Waals surface area contributed by atoms with E-state index in [1.165, 1.54) is 11.3 Å². The van der Waals surface area contributed by atoms with Crippen molar-refractivity contribution < 1.29 is 9.21 Å². The van der Waals surface area contributed by atoms with Gasteiger partial charge in [-0.2, -0.15) is 0 Å². The Morgan fingerprint density at radius 3 is 2.74 bits per heavy atom. The lowest BCUT2D eigenvalue weighted by atomic mass is 10.2. The summed E-state index contributed by atoms with van der Waals surface area (Å²) >= 11 is 8.30. The Bertz CT molecular complexity index is 818. The number of hydrogen-bond donors (Lipinski definition) is 1. The number of carbonyl (C=O) groups excluding carboxylic acids is 1. The molecule has 2 aromatic heterocycles. The van der Waals surface area contributed by atoms with Gasteiger partial charge in [0.1, 0.15) is 5.01 Å². The summed E-state index contributed by atoms with van der Waals surface area (Å²) in [7, 11) is 0. The van der Waals surface area contributed by atoms with Gasteiger partial charge in [-0.25, -0.2) is 0 Å². The Morgan fingerprint density at radius 1 is 1.26 bits per heavy atom. The molecule has 2 heterocycles. The Balaban J connectivity index is 1.56. The van der Waals surface area contributed by atoms with Crippen LogP contribution in [0.1, 0.15) is 5.01 Å². The minimum atomic E-state index is -0.211. The second kappa shape index (κ2) is 7.07. The normalized spacial score (nSPS) is 10.7. The number of aryl methyl sites for hydroxylation is 1. The summed E-state index contributed by atoms with van der Waals surface area (Å²) < 4.78 is 5.51. The van der Waals surface area contributed by atoms with Crippen molar-refractivity contribution in [3.8, 4) is 11.5 Å². The standard InChI is InChI=1S/C13H10ClN5O2S2/c1-7-16-18-12(23-7)15-10(20)6-22-13-19-17-11(21-13)8-2-4-9(14)5-3-8/h2-5H,6H2,1H3,(H,15,18,20). The van der Waals surface area contributed by atoms with Crippen molar-refractivity contribution in [1.82, 2.24) is 20.4 Å².